The highest BCUT2D eigenvalue weighted by Gasteiger charge is 2.42. The van der Waals surface area contributed by atoms with Crippen LogP contribution < -0.4 is 5.32 Å². The molecule has 2 fully saturated rings. The van der Waals surface area contributed by atoms with Crippen LogP contribution >= 0.6 is 0 Å². The van der Waals surface area contributed by atoms with Crippen molar-refractivity contribution in [3.63, 3.8) is 0 Å². The van der Waals surface area contributed by atoms with E-state index in [-0.39, 0.29) is 5.60 Å². The fourth-order valence-corrected chi connectivity index (χ4v) is 3.21. The number of nitrogens with zero attached hydrogens (tertiary/aromatic N) is 2. The van der Waals surface area contributed by atoms with Crippen molar-refractivity contribution in [1.82, 2.24) is 9.78 Å². The molecule has 0 bridgehead atoms. The zero-order valence-electron chi connectivity index (χ0n) is 11.4. The van der Waals surface area contributed by atoms with E-state index in [4.69, 9.17) is 4.74 Å². The topological polar surface area (TPSA) is 39.1 Å². The summed E-state index contributed by atoms with van der Waals surface area (Å²) in [6.07, 6.45) is 9.18. The quantitative estimate of drug-likeness (QED) is 0.894. The van der Waals surface area contributed by atoms with Crippen LogP contribution in [0.4, 0.5) is 5.69 Å². The van der Waals surface area contributed by atoms with E-state index >= 15 is 0 Å². The number of ether oxygens (including phenoxy) is 1. The van der Waals surface area contributed by atoms with E-state index in [1.54, 1.807) is 0 Å². The molecule has 18 heavy (non-hydrogen) atoms. The van der Waals surface area contributed by atoms with E-state index in [0.29, 0.717) is 6.04 Å². The number of anilines is 1. The molecule has 1 N–H and O–H groups in total. The molecule has 0 amide bonds. The lowest BCUT2D eigenvalue weighted by Gasteiger charge is -2.47. The Morgan fingerprint density at radius 2 is 2.39 bits per heavy atom. The van der Waals surface area contributed by atoms with Crippen LogP contribution in [0.1, 0.15) is 44.7 Å². The molecule has 2 aliphatic rings. The molecule has 4 heteroatoms. The summed E-state index contributed by atoms with van der Waals surface area (Å²) in [7, 11) is 1.99. The molecular formula is C14H23N3O. The van der Waals surface area contributed by atoms with Crippen molar-refractivity contribution in [3.8, 4) is 0 Å². The van der Waals surface area contributed by atoms with Gasteiger partial charge in [0.1, 0.15) is 0 Å². The molecule has 1 spiro atoms. The normalized spacial score (nSPS) is 26.0. The second-order valence-electron chi connectivity index (χ2n) is 5.74. The molecule has 4 nitrogen and oxygen atoms in total. The van der Waals surface area contributed by atoms with Gasteiger partial charge < -0.3 is 10.1 Å². The second-order valence-corrected chi connectivity index (χ2v) is 5.74. The fraction of sp³-hybridized carbons (Fsp3) is 0.786. The lowest BCUT2D eigenvalue weighted by Crippen LogP contribution is -2.49. The predicted octanol–water partition coefficient (Wildman–Crippen LogP) is 2.50. The van der Waals surface area contributed by atoms with Gasteiger partial charge in [0.15, 0.2) is 0 Å². The minimum atomic E-state index is 0.213. The summed E-state index contributed by atoms with van der Waals surface area (Å²) < 4.78 is 7.87. The molecule has 0 aromatic carbocycles. The van der Waals surface area contributed by atoms with Crippen molar-refractivity contribution in [3.05, 3.63) is 11.9 Å². The Morgan fingerprint density at radius 3 is 3.06 bits per heavy atom. The molecule has 1 aliphatic carbocycles. The van der Waals surface area contributed by atoms with Crippen LogP contribution in [0.25, 0.3) is 0 Å². The minimum absolute atomic E-state index is 0.213. The monoisotopic (exact) mass is 249 g/mol. The first kappa shape index (κ1) is 12.0. The Balaban J connectivity index is 1.68. The third-order valence-electron chi connectivity index (χ3n) is 4.36. The first-order valence-corrected chi connectivity index (χ1v) is 7.14. The van der Waals surface area contributed by atoms with Gasteiger partial charge in [-0.15, -0.1) is 0 Å². The molecule has 1 unspecified atom stereocenters. The van der Waals surface area contributed by atoms with Gasteiger partial charge in [0.2, 0.25) is 0 Å². The van der Waals surface area contributed by atoms with Gasteiger partial charge in [-0.1, -0.05) is 6.92 Å². The lowest BCUT2D eigenvalue weighted by atomic mass is 9.74. The summed E-state index contributed by atoms with van der Waals surface area (Å²) in [6.45, 7) is 3.06. The summed E-state index contributed by atoms with van der Waals surface area (Å²) in [6, 6.07) is 0.550. The molecule has 0 radical (unpaired) electrons. The summed E-state index contributed by atoms with van der Waals surface area (Å²) >= 11 is 0. The van der Waals surface area contributed by atoms with Crippen LogP contribution in [0, 0.1) is 0 Å². The van der Waals surface area contributed by atoms with Crippen LogP contribution in [0.3, 0.4) is 0 Å². The van der Waals surface area contributed by atoms with E-state index in [2.05, 4.69) is 23.5 Å². The Kier molecular flexibility index (Phi) is 3.06. The molecule has 2 heterocycles. The summed E-state index contributed by atoms with van der Waals surface area (Å²) in [5.41, 5.74) is 2.60. The van der Waals surface area contributed by atoms with Gasteiger partial charge in [-0.05, 0) is 38.5 Å². The van der Waals surface area contributed by atoms with E-state index in [1.807, 2.05) is 11.7 Å². The lowest BCUT2D eigenvalue weighted by molar-refractivity contribution is -0.130. The maximum absolute atomic E-state index is 5.97. The van der Waals surface area contributed by atoms with Gasteiger partial charge >= 0.3 is 0 Å². The van der Waals surface area contributed by atoms with Gasteiger partial charge in [-0.25, -0.2) is 0 Å². The molecule has 1 aliphatic heterocycles. The van der Waals surface area contributed by atoms with Crippen molar-refractivity contribution in [2.45, 2.75) is 57.1 Å². The number of aryl methyl sites for hydroxylation is 2. The molecule has 1 saturated heterocycles. The van der Waals surface area contributed by atoms with Crippen LogP contribution in [0.2, 0.25) is 0 Å². The van der Waals surface area contributed by atoms with Crippen molar-refractivity contribution in [2.75, 3.05) is 11.9 Å². The standard InChI is InChI=1S/C14H23N3O/c1-3-12-13(10-17(2)16-12)15-11-5-8-18-14(9-11)6-4-7-14/h10-11,15H,3-9H2,1-2H3. The third-order valence-corrected chi connectivity index (χ3v) is 4.36. The van der Waals surface area contributed by atoms with E-state index in [9.17, 15) is 0 Å². The van der Waals surface area contributed by atoms with Crippen LogP contribution in [0.15, 0.2) is 6.20 Å². The molecule has 1 aromatic rings. The van der Waals surface area contributed by atoms with Crippen molar-refractivity contribution in [1.29, 1.82) is 0 Å². The zero-order chi connectivity index (χ0) is 12.6. The van der Waals surface area contributed by atoms with Gasteiger partial charge in [-0.2, -0.15) is 5.10 Å². The van der Waals surface area contributed by atoms with Crippen molar-refractivity contribution >= 4 is 5.69 Å². The number of hydrogen-bond donors (Lipinski definition) is 1. The highest BCUT2D eigenvalue weighted by Crippen LogP contribution is 2.42. The maximum Gasteiger partial charge on any atom is 0.0853 e. The van der Waals surface area contributed by atoms with E-state index in [1.165, 1.54) is 30.6 Å². The Bertz CT molecular complexity index is 423. The predicted molar refractivity (Wildman–Crippen MR) is 71.8 cm³/mol. The van der Waals surface area contributed by atoms with Gasteiger partial charge in [-0.3, -0.25) is 4.68 Å². The highest BCUT2D eigenvalue weighted by molar-refractivity contribution is 5.47. The first-order valence-electron chi connectivity index (χ1n) is 7.14. The second kappa shape index (κ2) is 4.57. The number of hydrogen-bond acceptors (Lipinski definition) is 3. The van der Waals surface area contributed by atoms with Crippen LogP contribution in [0.5, 0.6) is 0 Å². The fourth-order valence-electron chi connectivity index (χ4n) is 3.21. The molecule has 1 atom stereocenters. The molecule has 100 valence electrons. The van der Waals surface area contributed by atoms with E-state index in [0.717, 1.165) is 25.9 Å². The first-order chi connectivity index (χ1) is 8.71. The van der Waals surface area contributed by atoms with Crippen molar-refractivity contribution in [2.24, 2.45) is 7.05 Å². The minimum Gasteiger partial charge on any atom is -0.379 e. The van der Waals surface area contributed by atoms with Gasteiger partial charge in [0.05, 0.1) is 17.0 Å². The molecule has 1 aromatic heterocycles. The van der Waals surface area contributed by atoms with Gasteiger partial charge in [0.25, 0.3) is 0 Å². The Morgan fingerprint density at radius 1 is 1.56 bits per heavy atom. The van der Waals surface area contributed by atoms with Crippen LogP contribution in [-0.4, -0.2) is 28.0 Å². The Labute approximate surface area is 109 Å². The summed E-state index contributed by atoms with van der Waals surface area (Å²) in [5.74, 6) is 0. The molecular weight excluding hydrogens is 226 g/mol. The Hall–Kier alpha value is -1.03. The third kappa shape index (κ3) is 2.14. The van der Waals surface area contributed by atoms with E-state index < -0.39 is 0 Å². The summed E-state index contributed by atoms with van der Waals surface area (Å²) in [5, 5.41) is 8.17. The SMILES string of the molecule is CCc1nn(C)cc1NC1CCOC2(CCC2)C1. The van der Waals surface area contributed by atoms with Crippen molar-refractivity contribution < 1.29 is 4.74 Å². The summed E-state index contributed by atoms with van der Waals surface area (Å²) in [4.78, 5) is 0. The van der Waals surface area contributed by atoms with Gasteiger partial charge in [0, 0.05) is 25.9 Å². The number of nitrogens with one attached hydrogen (secondary N) is 1. The molecule has 3 rings (SSSR count). The number of rotatable bonds is 3. The average molecular weight is 249 g/mol. The average Bonchev–Trinajstić information content (AvgIpc) is 2.68. The number of aromatic nitrogens is 2. The largest absolute Gasteiger partial charge is 0.379 e. The molecule has 1 saturated carbocycles. The zero-order valence-corrected chi connectivity index (χ0v) is 11.4. The smallest absolute Gasteiger partial charge is 0.0853 e. The highest BCUT2D eigenvalue weighted by atomic mass is 16.5. The maximum atomic E-state index is 5.97. The van der Waals surface area contributed by atoms with Crippen LogP contribution in [-0.2, 0) is 18.2 Å².